The van der Waals surface area contributed by atoms with Gasteiger partial charge in [-0.15, -0.1) is 0 Å². The highest BCUT2D eigenvalue weighted by atomic mass is 16.2. The number of hydrogen-bond donors (Lipinski definition) is 1. The first-order valence-corrected chi connectivity index (χ1v) is 7.20. The predicted molar refractivity (Wildman–Crippen MR) is 85.0 cm³/mol. The SMILES string of the molecule is Cc1ccccc1[C@H](C(=O)NCCn1cccc1)N(C)C. The first-order chi connectivity index (χ1) is 10.1. The fraction of sp³-hybridized carbons (Fsp3) is 0.353. The van der Waals surface area contributed by atoms with Gasteiger partial charge in [0, 0.05) is 25.5 Å². The smallest absolute Gasteiger partial charge is 0.242 e. The molecule has 2 aromatic rings. The highest BCUT2D eigenvalue weighted by molar-refractivity contribution is 5.83. The number of carbonyl (C=O) groups excluding carboxylic acids is 1. The Morgan fingerprint density at radius 2 is 1.86 bits per heavy atom. The molecule has 2 rings (SSSR count). The lowest BCUT2D eigenvalue weighted by Crippen LogP contribution is -2.38. The highest BCUT2D eigenvalue weighted by Crippen LogP contribution is 2.21. The maximum absolute atomic E-state index is 12.5. The van der Waals surface area contributed by atoms with Crippen LogP contribution in [0.2, 0.25) is 0 Å². The molecule has 1 N–H and O–H groups in total. The Labute approximate surface area is 126 Å². The van der Waals surface area contributed by atoms with E-state index < -0.39 is 0 Å². The van der Waals surface area contributed by atoms with Crippen molar-refractivity contribution in [2.24, 2.45) is 0 Å². The zero-order valence-electron chi connectivity index (χ0n) is 12.9. The van der Waals surface area contributed by atoms with Gasteiger partial charge in [-0.25, -0.2) is 0 Å². The molecule has 0 spiro atoms. The average molecular weight is 285 g/mol. The van der Waals surface area contributed by atoms with Gasteiger partial charge >= 0.3 is 0 Å². The molecule has 0 saturated carbocycles. The molecule has 21 heavy (non-hydrogen) atoms. The van der Waals surface area contributed by atoms with Crippen LogP contribution in [0.15, 0.2) is 48.8 Å². The summed E-state index contributed by atoms with van der Waals surface area (Å²) in [5, 5.41) is 3.03. The van der Waals surface area contributed by atoms with E-state index in [2.05, 4.69) is 9.88 Å². The lowest BCUT2D eigenvalue weighted by Gasteiger charge is -2.25. The van der Waals surface area contributed by atoms with E-state index in [1.165, 1.54) is 0 Å². The molecule has 0 unspecified atom stereocenters. The maximum atomic E-state index is 12.5. The number of aryl methyl sites for hydroxylation is 1. The van der Waals surface area contributed by atoms with Gasteiger partial charge in [0.2, 0.25) is 5.91 Å². The number of benzene rings is 1. The maximum Gasteiger partial charge on any atom is 0.242 e. The van der Waals surface area contributed by atoms with Crippen LogP contribution in [0.5, 0.6) is 0 Å². The minimum Gasteiger partial charge on any atom is -0.353 e. The molecule has 0 aliphatic rings. The number of aromatic nitrogens is 1. The van der Waals surface area contributed by atoms with E-state index in [4.69, 9.17) is 0 Å². The molecule has 1 heterocycles. The zero-order chi connectivity index (χ0) is 15.2. The van der Waals surface area contributed by atoms with E-state index in [-0.39, 0.29) is 11.9 Å². The fourth-order valence-corrected chi connectivity index (χ4v) is 2.47. The van der Waals surface area contributed by atoms with Crippen LogP contribution in [0.3, 0.4) is 0 Å². The summed E-state index contributed by atoms with van der Waals surface area (Å²) in [6, 6.07) is 11.7. The van der Waals surface area contributed by atoms with Crippen molar-refractivity contribution in [1.29, 1.82) is 0 Å². The van der Waals surface area contributed by atoms with Gasteiger partial charge in [-0.2, -0.15) is 0 Å². The number of amides is 1. The highest BCUT2D eigenvalue weighted by Gasteiger charge is 2.23. The Bertz CT molecular complexity index is 575. The molecule has 0 aliphatic heterocycles. The largest absolute Gasteiger partial charge is 0.353 e. The summed E-state index contributed by atoms with van der Waals surface area (Å²) in [4.78, 5) is 14.5. The summed E-state index contributed by atoms with van der Waals surface area (Å²) in [6.07, 6.45) is 3.99. The lowest BCUT2D eigenvalue weighted by molar-refractivity contribution is -0.125. The molecule has 1 amide bonds. The van der Waals surface area contributed by atoms with Gasteiger partial charge in [0.25, 0.3) is 0 Å². The molecule has 0 aliphatic carbocycles. The second-order valence-corrected chi connectivity index (χ2v) is 5.43. The molecule has 0 bridgehead atoms. The number of nitrogens with one attached hydrogen (secondary N) is 1. The molecule has 4 nitrogen and oxygen atoms in total. The van der Waals surface area contributed by atoms with E-state index in [9.17, 15) is 4.79 Å². The van der Waals surface area contributed by atoms with Gasteiger partial charge in [-0.3, -0.25) is 9.69 Å². The Morgan fingerprint density at radius 3 is 2.48 bits per heavy atom. The van der Waals surface area contributed by atoms with Crippen LogP contribution in [0.1, 0.15) is 17.2 Å². The molecule has 4 heteroatoms. The van der Waals surface area contributed by atoms with Crippen LogP contribution in [-0.2, 0) is 11.3 Å². The normalized spacial score (nSPS) is 12.4. The molecule has 0 saturated heterocycles. The monoisotopic (exact) mass is 285 g/mol. The summed E-state index contributed by atoms with van der Waals surface area (Å²) in [6.45, 7) is 3.45. The van der Waals surface area contributed by atoms with Gasteiger partial charge in [0.05, 0.1) is 0 Å². The topological polar surface area (TPSA) is 37.3 Å². The van der Waals surface area contributed by atoms with Crippen molar-refractivity contribution in [3.05, 3.63) is 59.9 Å². The fourth-order valence-electron chi connectivity index (χ4n) is 2.47. The molecule has 1 aromatic carbocycles. The zero-order valence-corrected chi connectivity index (χ0v) is 12.9. The van der Waals surface area contributed by atoms with Gasteiger partial charge in [0.1, 0.15) is 6.04 Å². The molecule has 1 atom stereocenters. The third kappa shape index (κ3) is 3.95. The van der Waals surface area contributed by atoms with Crippen molar-refractivity contribution in [1.82, 2.24) is 14.8 Å². The van der Waals surface area contributed by atoms with Crippen LogP contribution in [0.4, 0.5) is 0 Å². The summed E-state index contributed by atoms with van der Waals surface area (Å²) >= 11 is 0. The second kappa shape index (κ2) is 7.09. The average Bonchev–Trinajstić information content (AvgIpc) is 2.94. The number of likely N-dealkylation sites (N-methyl/N-ethyl adjacent to an activating group) is 1. The van der Waals surface area contributed by atoms with E-state index >= 15 is 0 Å². The van der Waals surface area contributed by atoms with Crippen molar-refractivity contribution in [2.45, 2.75) is 19.5 Å². The van der Waals surface area contributed by atoms with Crippen molar-refractivity contribution >= 4 is 5.91 Å². The van der Waals surface area contributed by atoms with E-state index in [1.807, 2.05) is 74.7 Å². The Kier molecular flexibility index (Phi) is 5.17. The van der Waals surface area contributed by atoms with Crippen molar-refractivity contribution < 1.29 is 4.79 Å². The number of nitrogens with zero attached hydrogens (tertiary/aromatic N) is 2. The van der Waals surface area contributed by atoms with E-state index in [1.54, 1.807) is 0 Å². The standard InChI is InChI=1S/C17H23N3O/c1-14-8-4-5-9-15(14)16(19(2)3)17(21)18-10-13-20-11-6-7-12-20/h4-9,11-12,16H,10,13H2,1-3H3,(H,18,21)/t16-/m1/s1. The third-order valence-electron chi connectivity index (χ3n) is 3.58. The van der Waals surface area contributed by atoms with Crippen LogP contribution >= 0.6 is 0 Å². The van der Waals surface area contributed by atoms with Crippen LogP contribution in [-0.4, -0.2) is 36.0 Å². The minimum absolute atomic E-state index is 0.0430. The van der Waals surface area contributed by atoms with Crippen molar-refractivity contribution in [3.8, 4) is 0 Å². The summed E-state index contributed by atoms with van der Waals surface area (Å²) in [5.41, 5.74) is 2.19. The van der Waals surface area contributed by atoms with Gasteiger partial charge in [-0.1, -0.05) is 24.3 Å². The molecule has 0 radical (unpaired) electrons. The van der Waals surface area contributed by atoms with Crippen molar-refractivity contribution in [3.63, 3.8) is 0 Å². The number of rotatable bonds is 6. The third-order valence-corrected chi connectivity index (χ3v) is 3.58. The number of hydrogen-bond acceptors (Lipinski definition) is 2. The first kappa shape index (κ1) is 15.3. The molecule has 1 aromatic heterocycles. The summed E-state index contributed by atoms with van der Waals surface area (Å²) < 4.78 is 2.05. The summed E-state index contributed by atoms with van der Waals surface area (Å²) in [7, 11) is 3.87. The predicted octanol–water partition coefficient (Wildman–Crippen LogP) is 2.22. The lowest BCUT2D eigenvalue weighted by atomic mass is 10.00. The Hall–Kier alpha value is -2.07. The molecule has 0 fully saturated rings. The van der Waals surface area contributed by atoms with Gasteiger partial charge in [0.15, 0.2) is 0 Å². The molecular formula is C17H23N3O. The first-order valence-electron chi connectivity index (χ1n) is 7.20. The quantitative estimate of drug-likeness (QED) is 0.883. The van der Waals surface area contributed by atoms with E-state index in [0.29, 0.717) is 6.54 Å². The number of carbonyl (C=O) groups is 1. The van der Waals surface area contributed by atoms with Crippen LogP contribution in [0, 0.1) is 6.92 Å². The Balaban J connectivity index is 2.01. The van der Waals surface area contributed by atoms with Crippen LogP contribution in [0.25, 0.3) is 0 Å². The molecular weight excluding hydrogens is 262 g/mol. The van der Waals surface area contributed by atoms with Gasteiger partial charge < -0.3 is 9.88 Å². The summed E-state index contributed by atoms with van der Waals surface area (Å²) in [5.74, 6) is 0.0430. The van der Waals surface area contributed by atoms with Gasteiger partial charge in [-0.05, 0) is 44.3 Å². The minimum atomic E-state index is -0.254. The molecule has 112 valence electrons. The second-order valence-electron chi connectivity index (χ2n) is 5.43. The van der Waals surface area contributed by atoms with Crippen LogP contribution < -0.4 is 5.32 Å². The van der Waals surface area contributed by atoms with Crippen molar-refractivity contribution in [2.75, 3.05) is 20.6 Å². The Morgan fingerprint density at radius 1 is 1.19 bits per heavy atom. The van der Waals surface area contributed by atoms with E-state index in [0.717, 1.165) is 17.7 Å².